The quantitative estimate of drug-likeness (QED) is 0.492. The first-order valence-corrected chi connectivity index (χ1v) is 8.74. The van der Waals surface area contributed by atoms with E-state index in [4.69, 9.17) is 4.99 Å². The molecule has 0 aliphatic rings. The number of benzene rings is 3. The lowest BCUT2D eigenvalue weighted by molar-refractivity contribution is 0.886. The van der Waals surface area contributed by atoms with Gasteiger partial charge in [-0.1, -0.05) is 60.7 Å². The van der Waals surface area contributed by atoms with Gasteiger partial charge in [0.25, 0.3) is 0 Å². The Bertz CT molecular complexity index is 1140. The fourth-order valence-corrected chi connectivity index (χ4v) is 3.14. The van der Waals surface area contributed by atoms with Crippen LogP contribution >= 0.6 is 0 Å². The van der Waals surface area contributed by atoms with Crippen LogP contribution in [0.4, 0.5) is 5.69 Å². The topological polar surface area (TPSA) is 54.0 Å². The van der Waals surface area contributed by atoms with Gasteiger partial charge in [0.1, 0.15) is 11.9 Å². The van der Waals surface area contributed by atoms with Crippen molar-refractivity contribution in [1.29, 1.82) is 5.26 Å². The van der Waals surface area contributed by atoms with Crippen molar-refractivity contribution in [3.05, 3.63) is 95.3 Å². The van der Waals surface area contributed by atoms with E-state index in [-0.39, 0.29) is 0 Å². The molecule has 0 bridgehead atoms. The van der Waals surface area contributed by atoms with Crippen LogP contribution in [-0.4, -0.2) is 15.3 Å². The molecular weight excluding hydrogens is 332 g/mol. The number of rotatable bonds is 3. The van der Waals surface area contributed by atoms with Crippen molar-refractivity contribution in [2.24, 2.45) is 12.0 Å². The first-order valence-electron chi connectivity index (χ1n) is 8.74. The van der Waals surface area contributed by atoms with Gasteiger partial charge >= 0.3 is 0 Å². The fourth-order valence-electron chi connectivity index (χ4n) is 3.14. The second-order valence-electron chi connectivity index (χ2n) is 6.38. The zero-order chi connectivity index (χ0) is 18.8. The van der Waals surface area contributed by atoms with Gasteiger partial charge in [-0.2, -0.15) is 5.26 Å². The summed E-state index contributed by atoms with van der Waals surface area (Å²) in [7, 11) is 1.97. The number of imidazole rings is 1. The number of fused-ring (bicyclic) bond motifs is 1. The molecule has 3 aromatic carbocycles. The number of aromatic nitrogens is 2. The Hall–Kier alpha value is -3.71. The van der Waals surface area contributed by atoms with Crippen LogP contribution in [0.3, 0.4) is 0 Å². The highest BCUT2D eigenvalue weighted by Gasteiger charge is 2.12. The summed E-state index contributed by atoms with van der Waals surface area (Å²) in [6.07, 6.45) is 0. The maximum atomic E-state index is 9.65. The zero-order valence-corrected chi connectivity index (χ0v) is 15.2. The fraction of sp³-hybridized carbons (Fsp3) is 0.0870. The van der Waals surface area contributed by atoms with E-state index in [1.54, 1.807) is 0 Å². The molecule has 0 radical (unpaired) electrons. The van der Waals surface area contributed by atoms with E-state index in [2.05, 4.69) is 11.1 Å². The minimum absolute atomic E-state index is 0.518. The first-order chi connectivity index (χ1) is 13.2. The molecule has 4 rings (SSSR count). The van der Waals surface area contributed by atoms with Crippen molar-refractivity contribution in [1.82, 2.24) is 9.55 Å². The van der Waals surface area contributed by atoms with Gasteiger partial charge in [-0.15, -0.1) is 0 Å². The van der Waals surface area contributed by atoms with Crippen LogP contribution in [0.15, 0.2) is 77.8 Å². The Morgan fingerprint density at radius 3 is 2.11 bits per heavy atom. The molecule has 0 unspecified atom stereocenters. The van der Waals surface area contributed by atoms with Gasteiger partial charge in [0.15, 0.2) is 0 Å². The lowest BCUT2D eigenvalue weighted by Crippen LogP contribution is -2.03. The summed E-state index contributed by atoms with van der Waals surface area (Å²) in [6.45, 7) is 1.95. The van der Waals surface area contributed by atoms with Gasteiger partial charge in [0.2, 0.25) is 0 Å². The van der Waals surface area contributed by atoms with Gasteiger partial charge < -0.3 is 4.57 Å². The molecule has 4 heteroatoms. The summed E-state index contributed by atoms with van der Waals surface area (Å²) in [6, 6.07) is 26.1. The van der Waals surface area contributed by atoms with Gasteiger partial charge in [-0.3, -0.25) is 0 Å². The van der Waals surface area contributed by atoms with Crippen LogP contribution in [0.2, 0.25) is 0 Å². The second-order valence-corrected chi connectivity index (χ2v) is 6.38. The average molecular weight is 350 g/mol. The predicted molar refractivity (Wildman–Crippen MR) is 108 cm³/mol. The molecule has 0 saturated heterocycles. The highest BCUT2D eigenvalue weighted by molar-refractivity contribution is 6.14. The monoisotopic (exact) mass is 350 g/mol. The van der Waals surface area contributed by atoms with Crippen LogP contribution < -0.4 is 0 Å². The van der Waals surface area contributed by atoms with E-state index in [1.165, 1.54) is 0 Å². The van der Waals surface area contributed by atoms with Crippen LogP contribution in [0.1, 0.15) is 22.5 Å². The van der Waals surface area contributed by atoms with Crippen molar-refractivity contribution >= 4 is 22.4 Å². The molecule has 4 aromatic rings. The van der Waals surface area contributed by atoms with Crippen LogP contribution in [0, 0.1) is 18.3 Å². The number of aryl methyl sites for hydroxylation is 2. The highest BCUT2D eigenvalue weighted by Crippen LogP contribution is 2.28. The smallest absolute Gasteiger partial charge is 0.106 e. The number of nitrogens with zero attached hydrogens (tertiary/aromatic N) is 4. The summed E-state index contributed by atoms with van der Waals surface area (Å²) in [5.41, 5.74) is 5.80. The Morgan fingerprint density at radius 1 is 0.963 bits per heavy atom. The molecule has 4 nitrogen and oxygen atoms in total. The van der Waals surface area contributed by atoms with E-state index in [9.17, 15) is 5.26 Å². The first kappa shape index (κ1) is 16.7. The van der Waals surface area contributed by atoms with E-state index in [1.807, 2.05) is 91.3 Å². The van der Waals surface area contributed by atoms with E-state index in [0.717, 1.165) is 33.7 Å². The maximum Gasteiger partial charge on any atom is 0.106 e. The summed E-state index contributed by atoms with van der Waals surface area (Å²) in [5, 5.41) is 9.65. The molecular formula is C23H18N4. The normalized spacial score (nSPS) is 10.6. The van der Waals surface area contributed by atoms with Crippen LogP contribution in [-0.2, 0) is 7.05 Å². The summed E-state index contributed by atoms with van der Waals surface area (Å²) >= 11 is 0. The average Bonchev–Trinajstić information content (AvgIpc) is 3.00. The largest absolute Gasteiger partial charge is 0.331 e. The molecule has 0 aliphatic carbocycles. The molecule has 0 atom stereocenters. The molecule has 27 heavy (non-hydrogen) atoms. The number of aliphatic imine (C=N–C) groups is 1. The van der Waals surface area contributed by atoms with Crippen LogP contribution in [0.25, 0.3) is 11.0 Å². The SMILES string of the molecule is Cc1nc2cc(C#N)c(N=C(c3ccccc3)c3ccccc3)cc2n1C. The molecule has 0 aliphatic heterocycles. The molecule has 0 amide bonds. The lowest BCUT2D eigenvalue weighted by Gasteiger charge is -2.09. The molecule has 0 fully saturated rings. The minimum atomic E-state index is 0.518. The Morgan fingerprint density at radius 2 is 1.56 bits per heavy atom. The van der Waals surface area contributed by atoms with Gasteiger partial charge in [0.05, 0.1) is 28.0 Å². The standard InChI is InChI=1S/C23H18N4/c1-16-25-21-13-19(15-24)20(14-22(21)27(16)2)26-23(17-9-5-3-6-10-17)18-11-7-4-8-12-18/h3-14H,1-2H3. The zero-order valence-electron chi connectivity index (χ0n) is 15.2. The third-order valence-corrected chi connectivity index (χ3v) is 4.67. The molecule has 0 spiro atoms. The molecule has 1 heterocycles. The van der Waals surface area contributed by atoms with Crippen LogP contribution in [0.5, 0.6) is 0 Å². The number of hydrogen-bond acceptors (Lipinski definition) is 3. The van der Waals surface area contributed by atoms with E-state index < -0.39 is 0 Å². The second kappa shape index (κ2) is 6.89. The number of nitriles is 1. The molecule has 0 saturated carbocycles. The Balaban J connectivity index is 1.98. The van der Waals surface area contributed by atoms with Gasteiger partial charge in [-0.05, 0) is 19.1 Å². The maximum absolute atomic E-state index is 9.65. The highest BCUT2D eigenvalue weighted by atomic mass is 15.0. The van der Waals surface area contributed by atoms with E-state index in [0.29, 0.717) is 11.3 Å². The van der Waals surface area contributed by atoms with E-state index >= 15 is 0 Å². The van der Waals surface area contributed by atoms with Crippen molar-refractivity contribution in [2.75, 3.05) is 0 Å². The predicted octanol–water partition coefficient (Wildman–Crippen LogP) is 4.92. The Kier molecular flexibility index (Phi) is 4.27. The van der Waals surface area contributed by atoms with Gasteiger partial charge in [-0.25, -0.2) is 9.98 Å². The summed E-state index contributed by atoms with van der Waals surface area (Å²) in [4.78, 5) is 9.44. The van der Waals surface area contributed by atoms with Crippen molar-refractivity contribution in [2.45, 2.75) is 6.92 Å². The van der Waals surface area contributed by atoms with Gasteiger partial charge in [0, 0.05) is 18.2 Å². The lowest BCUT2D eigenvalue weighted by atomic mass is 10.0. The molecule has 1 aromatic heterocycles. The van der Waals surface area contributed by atoms with Crippen molar-refractivity contribution in [3.8, 4) is 6.07 Å². The third-order valence-electron chi connectivity index (χ3n) is 4.67. The Labute approximate surface area is 158 Å². The molecule has 0 N–H and O–H groups in total. The minimum Gasteiger partial charge on any atom is -0.331 e. The summed E-state index contributed by atoms with van der Waals surface area (Å²) in [5.74, 6) is 0.904. The molecule has 130 valence electrons. The number of hydrogen-bond donors (Lipinski definition) is 0. The van der Waals surface area contributed by atoms with Crippen molar-refractivity contribution < 1.29 is 0 Å². The third kappa shape index (κ3) is 3.11. The van der Waals surface area contributed by atoms with Crippen molar-refractivity contribution in [3.63, 3.8) is 0 Å². The summed E-state index contributed by atoms with van der Waals surface area (Å²) < 4.78 is 2.01.